The Labute approximate surface area is 138 Å². The monoisotopic (exact) mass is 319 g/mol. The van der Waals surface area contributed by atoms with Crippen molar-refractivity contribution in [1.82, 2.24) is 9.97 Å². The number of nitrogens with zero attached hydrogens (tertiary/aromatic N) is 4. The smallest absolute Gasteiger partial charge is 0.203 e. The molecule has 5 nitrogen and oxygen atoms in total. The SMILES string of the molecule is C/C(=N\Nc1nc(-c2ccc(C#N)cc2)cs1)c1ccncc1. The summed E-state index contributed by atoms with van der Waals surface area (Å²) in [6, 6.07) is 13.3. The lowest BCUT2D eigenvalue weighted by molar-refractivity contribution is 1.26. The van der Waals surface area contributed by atoms with Gasteiger partial charge in [0.2, 0.25) is 5.13 Å². The minimum atomic E-state index is 0.639. The molecule has 0 atom stereocenters. The van der Waals surface area contributed by atoms with E-state index in [-0.39, 0.29) is 0 Å². The van der Waals surface area contributed by atoms with Crippen LogP contribution in [0.25, 0.3) is 11.3 Å². The summed E-state index contributed by atoms with van der Waals surface area (Å²) >= 11 is 1.48. The van der Waals surface area contributed by atoms with Crippen LogP contribution < -0.4 is 5.43 Å². The van der Waals surface area contributed by atoms with Crippen LogP contribution in [0, 0.1) is 11.3 Å². The van der Waals surface area contributed by atoms with Crippen molar-refractivity contribution in [3.8, 4) is 17.3 Å². The maximum absolute atomic E-state index is 8.83. The van der Waals surface area contributed by atoms with Gasteiger partial charge in [0.15, 0.2) is 0 Å². The highest BCUT2D eigenvalue weighted by Gasteiger charge is 2.04. The summed E-state index contributed by atoms with van der Waals surface area (Å²) in [5, 5.41) is 15.8. The molecule has 0 fully saturated rings. The summed E-state index contributed by atoms with van der Waals surface area (Å²) < 4.78 is 0. The van der Waals surface area contributed by atoms with Crippen LogP contribution in [-0.4, -0.2) is 15.7 Å². The summed E-state index contributed by atoms with van der Waals surface area (Å²) in [5.41, 5.74) is 7.33. The van der Waals surface area contributed by atoms with Crippen LogP contribution in [0.5, 0.6) is 0 Å². The van der Waals surface area contributed by atoms with Crippen LogP contribution in [0.4, 0.5) is 5.13 Å². The van der Waals surface area contributed by atoms with Crippen LogP contribution in [0.1, 0.15) is 18.1 Å². The number of nitriles is 1. The van der Waals surface area contributed by atoms with Gasteiger partial charge in [0, 0.05) is 28.9 Å². The summed E-state index contributed by atoms with van der Waals surface area (Å²) in [5.74, 6) is 0. The van der Waals surface area contributed by atoms with Gasteiger partial charge in [-0.3, -0.25) is 10.4 Å². The number of pyridine rings is 1. The van der Waals surface area contributed by atoms with Crippen LogP contribution in [0.15, 0.2) is 59.3 Å². The number of rotatable bonds is 4. The van der Waals surface area contributed by atoms with E-state index in [1.54, 1.807) is 24.5 Å². The van der Waals surface area contributed by atoms with Gasteiger partial charge in [-0.15, -0.1) is 11.3 Å². The predicted octanol–water partition coefficient (Wildman–Crippen LogP) is 3.91. The summed E-state index contributed by atoms with van der Waals surface area (Å²) in [7, 11) is 0. The minimum Gasteiger partial charge on any atom is -0.265 e. The Bertz CT molecular complexity index is 860. The molecule has 2 aromatic heterocycles. The second-order valence-corrected chi connectivity index (χ2v) is 5.63. The van der Waals surface area contributed by atoms with Gasteiger partial charge >= 0.3 is 0 Å². The first-order chi connectivity index (χ1) is 11.3. The van der Waals surface area contributed by atoms with Crippen molar-refractivity contribution in [2.24, 2.45) is 5.10 Å². The second-order valence-electron chi connectivity index (χ2n) is 4.77. The van der Waals surface area contributed by atoms with Crippen molar-refractivity contribution in [1.29, 1.82) is 5.26 Å². The van der Waals surface area contributed by atoms with Gasteiger partial charge < -0.3 is 0 Å². The lowest BCUT2D eigenvalue weighted by atomic mass is 10.1. The van der Waals surface area contributed by atoms with Gasteiger partial charge in [0.05, 0.1) is 23.0 Å². The Morgan fingerprint density at radius 2 is 1.91 bits per heavy atom. The number of anilines is 1. The molecule has 0 saturated carbocycles. The van der Waals surface area contributed by atoms with Crippen LogP contribution in [0.2, 0.25) is 0 Å². The Balaban J connectivity index is 1.73. The number of hydrogen-bond donors (Lipinski definition) is 1. The molecule has 2 heterocycles. The molecule has 0 spiro atoms. The van der Waals surface area contributed by atoms with E-state index in [9.17, 15) is 0 Å². The molecule has 3 rings (SSSR count). The van der Waals surface area contributed by atoms with E-state index in [0.717, 1.165) is 27.7 Å². The first kappa shape index (κ1) is 14.9. The average Bonchev–Trinajstić information content (AvgIpc) is 3.09. The van der Waals surface area contributed by atoms with Crippen molar-refractivity contribution in [3.63, 3.8) is 0 Å². The fraction of sp³-hybridized carbons (Fsp3) is 0.0588. The maximum atomic E-state index is 8.83. The third-order valence-electron chi connectivity index (χ3n) is 3.23. The summed E-state index contributed by atoms with van der Waals surface area (Å²) in [4.78, 5) is 8.50. The normalized spacial score (nSPS) is 11.0. The molecule has 1 aromatic carbocycles. The molecule has 0 bridgehead atoms. The van der Waals surface area contributed by atoms with E-state index in [2.05, 4.69) is 26.6 Å². The number of aromatic nitrogens is 2. The predicted molar refractivity (Wildman–Crippen MR) is 92.3 cm³/mol. The van der Waals surface area contributed by atoms with E-state index in [1.807, 2.05) is 36.6 Å². The first-order valence-corrected chi connectivity index (χ1v) is 7.81. The number of hydrogen-bond acceptors (Lipinski definition) is 6. The number of nitrogens with one attached hydrogen (secondary N) is 1. The highest BCUT2D eigenvalue weighted by molar-refractivity contribution is 7.14. The van der Waals surface area contributed by atoms with Crippen molar-refractivity contribution < 1.29 is 0 Å². The number of benzene rings is 1. The first-order valence-electron chi connectivity index (χ1n) is 6.93. The van der Waals surface area contributed by atoms with E-state index in [4.69, 9.17) is 5.26 Å². The van der Waals surface area contributed by atoms with Crippen molar-refractivity contribution in [3.05, 3.63) is 65.3 Å². The molecule has 3 aromatic rings. The van der Waals surface area contributed by atoms with E-state index < -0.39 is 0 Å². The molecule has 0 aliphatic heterocycles. The molecule has 0 unspecified atom stereocenters. The standard InChI is InChI=1S/C17H13N5S/c1-12(14-6-8-19-9-7-14)21-22-17-20-16(11-23-17)15-4-2-13(10-18)3-5-15/h2-9,11H,1H3,(H,20,22)/b21-12+. The van der Waals surface area contributed by atoms with Gasteiger partial charge in [0.25, 0.3) is 0 Å². The van der Waals surface area contributed by atoms with Gasteiger partial charge in [-0.1, -0.05) is 12.1 Å². The van der Waals surface area contributed by atoms with Crippen molar-refractivity contribution in [2.75, 3.05) is 5.43 Å². The topological polar surface area (TPSA) is 74.0 Å². The fourth-order valence-corrected chi connectivity index (χ4v) is 2.62. The Morgan fingerprint density at radius 3 is 2.61 bits per heavy atom. The van der Waals surface area contributed by atoms with Gasteiger partial charge in [-0.05, 0) is 31.2 Å². The molecule has 0 saturated heterocycles. The number of thiazole rings is 1. The van der Waals surface area contributed by atoms with E-state index in [1.165, 1.54) is 11.3 Å². The molecule has 0 aliphatic rings. The molecule has 6 heteroatoms. The van der Waals surface area contributed by atoms with E-state index in [0.29, 0.717) is 5.56 Å². The zero-order chi connectivity index (χ0) is 16.1. The molecule has 23 heavy (non-hydrogen) atoms. The van der Waals surface area contributed by atoms with E-state index >= 15 is 0 Å². The minimum absolute atomic E-state index is 0.639. The molecule has 0 radical (unpaired) electrons. The highest BCUT2D eigenvalue weighted by Crippen LogP contribution is 2.25. The largest absolute Gasteiger partial charge is 0.265 e. The third kappa shape index (κ3) is 3.59. The number of hydrazone groups is 1. The zero-order valence-corrected chi connectivity index (χ0v) is 13.2. The van der Waals surface area contributed by atoms with Crippen LogP contribution in [-0.2, 0) is 0 Å². The quantitative estimate of drug-likeness (QED) is 0.584. The second kappa shape index (κ2) is 6.81. The summed E-state index contributed by atoms with van der Waals surface area (Å²) in [6.45, 7) is 1.93. The molecular weight excluding hydrogens is 306 g/mol. The van der Waals surface area contributed by atoms with Crippen LogP contribution >= 0.6 is 11.3 Å². The summed E-state index contributed by atoms with van der Waals surface area (Å²) in [6.07, 6.45) is 3.47. The van der Waals surface area contributed by atoms with Crippen LogP contribution in [0.3, 0.4) is 0 Å². The van der Waals surface area contributed by atoms with Gasteiger partial charge in [-0.2, -0.15) is 10.4 Å². The third-order valence-corrected chi connectivity index (χ3v) is 3.98. The average molecular weight is 319 g/mol. The Hall–Kier alpha value is -3.04. The Morgan fingerprint density at radius 1 is 1.17 bits per heavy atom. The van der Waals surface area contributed by atoms with Crippen molar-refractivity contribution in [2.45, 2.75) is 6.92 Å². The molecule has 1 N–H and O–H groups in total. The zero-order valence-electron chi connectivity index (χ0n) is 12.4. The molecule has 0 aliphatic carbocycles. The Kier molecular flexibility index (Phi) is 4.41. The molecule has 0 amide bonds. The highest BCUT2D eigenvalue weighted by atomic mass is 32.1. The lowest BCUT2D eigenvalue weighted by Crippen LogP contribution is -1.99. The molecule has 112 valence electrons. The fourth-order valence-electron chi connectivity index (χ4n) is 1.96. The van der Waals surface area contributed by atoms with Crippen molar-refractivity contribution >= 4 is 22.2 Å². The van der Waals surface area contributed by atoms with Gasteiger partial charge in [0.1, 0.15) is 0 Å². The lowest BCUT2D eigenvalue weighted by Gasteiger charge is -2.00. The molecular formula is C17H13N5S. The van der Waals surface area contributed by atoms with Gasteiger partial charge in [-0.25, -0.2) is 4.98 Å². The maximum Gasteiger partial charge on any atom is 0.203 e.